The van der Waals surface area contributed by atoms with Crippen molar-refractivity contribution in [3.63, 3.8) is 0 Å². The van der Waals surface area contributed by atoms with Crippen molar-refractivity contribution in [2.75, 3.05) is 0 Å². The van der Waals surface area contributed by atoms with E-state index in [0.29, 0.717) is 0 Å². The largest absolute Gasteiger partial charge is 0.272 e. The molecule has 3 nitrogen and oxygen atoms in total. The van der Waals surface area contributed by atoms with Gasteiger partial charge in [-0.2, -0.15) is 0 Å². The van der Waals surface area contributed by atoms with Crippen molar-refractivity contribution in [2.24, 2.45) is 0 Å². The van der Waals surface area contributed by atoms with Gasteiger partial charge in [-0.1, -0.05) is 46.4 Å². The van der Waals surface area contributed by atoms with Gasteiger partial charge in [0.25, 0.3) is 11.8 Å². The first-order valence-electron chi connectivity index (χ1n) is 3.78. The molecule has 8 heteroatoms. The molecule has 0 aliphatic carbocycles. The molecule has 1 heterocycles. The molecule has 1 aliphatic rings. The Morgan fingerprint density at radius 1 is 0.750 bits per heavy atom. The van der Waals surface area contributed by atoms with Crippen LogP contribution in [0.2, 0.25) is 20.1 Å². The molecule has 0 spiro atoms. The number of benzene rings is 1. The second kappa shape index (κ2) is 4.17. The molecule has 0 unspecified atom stereocenters. The van der Waals surface area contributed by atoms with E-state index in [2.05, 4.69) is 0 Å². The van der Waals surface area contributed by atoms with E-state index in [9.17, 15) is 9.59 Å². The van der Waals surface area contributed by atoms with Gasteiger partial charge in [-0.15, -0.1) is 0 Å². The van der Waals surface area contributed by atoms with Crippen LogP contribution in [0.25, 0.3) is 0 Å². The van der Waals surface area contributed by atoms with Crippen molar-refractivity contribution < 1.29 is 9.59 Å². The first kappa shape index (κ1) is 12.7. The fraction of sp³-hybridized carbons (Fsp3) is 0. The van der Waals surface area contributed by atoms with E-state index < -0.39 is 11.8 Å². The van der Waals surface area contributed by atoms with E-state index in [0.717, 1.165) is 3.11 Å². The van der Waals surface area contributed by atoms with Crippen molar-refractivity contribution in [1.29, 1.82) is 0 Å². The Morgan fingerprint density at radius 2 is 1.06 bits per heavy atom. The zero-order valence-corrected chi connectivity index (χ0v) is 12.3. The van der Waals surface area contributed by atoms with Crippen LogP contribution in [0.1, 0.15) is 20.7 Å². The summed E-state index contributed by atoms with van der Waals surface area (Å²) in [5.41, 5.74) is 0.000864. The third-order valence-electron chi connectivity index (χ3n) is 2.05. The predicted octanol–water partition coefficient (Wildman–Crippen LogP) is 4.25. The number of rotatable bonds is 0. The van der Waals surface area contributed by atoms with Gasteiger partial charge in [-0.3, -0.25) is 9.59 Å². The van der Waals surface area contributed by atoms with Gasteiger partial charge in [-0.25, -0.2) is 3.11 Å². The topological polar surface area (TPSA) is 37.4 Å². The minimum Gasteiger partial charge on any atom is -0.268 e. The summed E-state index contributed by atoms with van der Waals surface area (Å²) in [7, 11) is 0. The van der Waals surface area contributed by atoms with Crippen molar-refractivity contribution in [2.45, 2.75) is 0 Å². The lowest BCUT2D eigenvalue weighted by molar-refractivity contribution is 0.0797. The van der Waals surface area contributed by atoms with Crippen molar-refractivity contribution >= 4 is 81.1 Å². The van der Waals surface area contributed by atoms with Crippen LogP contribution >= 0.6 is 69.3 Å². The van der Waals surface area contributed by atoms with Crippen LogP contribution < -0.4 is 0 Å². The SMILES string of the molecule is O=C1c2c(Cl)c(Cl)c(Cl)c(Cl)c2C(=O)N1I. The Morgan fingerprint density at radius 3 is 1.38 bits per heavy atom. The molecule has 0 bridgehead atoms. The van der Waals surface area contributed by atoms with Crippen LogP contribution in [0.5, 0.6) is 0 Å². The summed E-state index contributed by atoms with van der Waals surface area (Å²) in [6, 6.07) is 0. The van der Waals surface area contributed by atoms with Crippen molar-refractivity contribution in [3.05, 3.63) is 31.2 Å². The molecular formula is C8Cl4INO2. The smallest absolute Gasteiger partial charge is 0.268 e. The lowest BCUT2D eigenvalue weighted by Gasteiger charge is -2.06. The number of imide groups is 1. The summed E-state index contributed by atoms with van der Waals surface area (Å²) in [6.45, 7) is 0. The molecule has 1 aliphatic heterocycles. The first-order chi connectivity index (χ1) is 7.37. The van der Waals surface area contributed by atoms with Crippen molar-refractivity contribution in [1.82, 2.24) is 3.11 Å². The van der Waals surface area contributed by atoms with Crippen LogP contribution in [0.3, 0.4) is 0 Å². The molecule has 2 rings (SSSR count). The van der Waals surface area contributed by atoms with Gasteiger partial charge in [-0.05, 0) is 0 Å². The first-order valence-corrected chi connectivity index (χ1v) is 6.26. The monoisotopic (exact) mass is 409 g/mol. The van der Waals surface area contributed by atoms with E-state index in [-0.39, 0.29) is 31.2 Å². The van der Waals surface area contributed by atoms with Gasteiger partial charge in [0.1, 0.15) is 0 Å². The quantitative estimate of drug-likeness (QED) is 0.211. The standard InChI is InChI=1S/C8Cl4INO2/c9-3-1-2(4(10)6(12)5(3)11)8(16)14(13)7(1)15. The molecule has 16 heavy (non-hydrogen) atoms. The zero-order valence-electron chi connectivity index (χ0n) is 7.15. The molecule has 0 saturated heterocycles. The van der Waals surface area contributed by atoms with Crippen LogP contribution in [-0.4, -0.2) is 14.9 Å². The van der Waals surface area contributed by atoms with Crippen molar-refractivity contribution in [3.8, 4) is 0 Å². The Balaban J connectivity index is 2.91. The van der Waals surface area contributed by atoms with Crippen LogP contribution in [-0.2, 0) is 0 Å². The van der Waals surface area contributed by atoms with Crippen LogP contribution in [0, 0.1) is 0 Å². The summed E-state index contributed by atoms with van der Waals surface area (Å²) in [5.74, 6) is -1.10. The van der Waals surface area contributed by atoms with E-state index in [1.165, 1.54) is 0 Å². The maximum absolute atomic E-state index is 11.7. The average molecular weight is 411 g/mol. The molecule has 0 aromatic heterocycles. The lowest BCUT2D eigenvalue weighted by atomic mass is 10.1. The molecule has 0 fully saturated rings. The highest BCUT2D eigenvalue weighted by Gasteiger charge is 2.40. The van der Waals surface area contributed by atoms with Gasteiger partial charge in [0.05, 0.1) is 54.1 Å². The summed E-state index contributed by atoms with van der Waals surface area (Å²) in [4.78, 5) is 23.4. The zero-order chi connectivity index (χ0) is 12.2. The number of hydrogen-bond donors (Lipinski definition) is 0. The summed E-state index contributed by atoms with van der Waals surface area (Å²) >= 11 is 24.9. The van der Waals surface area contributed by atoms with Gasteiger partial charge in [0.15, 0.2) is 0 Å². The molecule has 0 radical (unpaired) electrons. The molecule has 0 saturated carbocycles. The van der Waals surface area contributed by atoms with E-state index in [1.807, 2.05) is 0 Å². The average Bonchev–Trinajstić information content (AvgIpc) is 2.48. The van der Waals surface area contributed by atoms with Crippen LogP contribution in [0.15, 0.2) is 0 Å². The highest BCUT2D eigenvalue weighted by atomic mass is 127. The maximum Gasteiger partial charge on any atom is 0.272 e. The number of amides is 2. The highest BCUT2D eigenvalue weighted by molar-refractivity contribution is 14.1. The minimum atomic E-state index is -0.550. The van der Waals surface area contributed by atoms with E-state index in [4.69, 9.17) is 46.4 Å². The molecule has 0 N–H and O–H groups in total. The maximum atomic E-state index is 11.7. The second-order valence-corrected chi connectivity index (χ2v) is 5.37. The Kier molecular flexibility index (Phi) is 3.31. The fourth-order valence-electron chi connectivity index (χ4n) is 1.32. The van der Waals surface area contributed by atoms with Crippen LogP contribution in [0.4, 0.5) is 0 Å². The number of hydrogen-bond acceptors (Lipinski definition) is 2. The number of halogens is 5. The molecule has 1 aromatic rings. The second-order valence-electron chi connectivity index (χ2n) is 2.90. The minimum absolute atomic E-state index is 0.000432. The number of carbonyl (C=O) groups is 2. The number of fused-ring (bicyclic) bond motifs is 1. The predicted molar refractivity (Wildman–Crippen MR) is 71.0 cm³/mol. The summed E-state index contributed by atoms with van der Waals surface area (Å²) < 4.78 is 0.882. The third-order valence-corrected chi connectivity index (χ3v) is 4.73. The number of nitrogens with zero attached hydrogens (tertiary/aromatic N) is 1. The summed E-state index contributed by atoms with van der Waals surface area (Å²) in [5, 5.41) is -0.160. The number of carbonyl (C=O) groups excluding carboxylic acids is 2. The Bertz CT molecular complexity index is 499. The molecule has 1 aromatic carbocycles. The van der Waals surface area contributed by atoms with Gasteiger partial charge in [0.2, 0.25) is 0 Å². The summed E-state index contributed by atoms with van der Waals surface area (Å²) in [6.07, 6.45) is 0. The van der Waals surface area contributed by atoms with Gasteiger partial charge >= 0.3 is 0 Å². The van der Waals surface area contributed by atoms with E-state index in [1.54, 1.807) is 22.9 Å². The van der Waals surface area contributed by atoms with E-state index >= 15 is 0 Å². The van der Waals surface area contributed by atoms with Gasteiger partial charge in [0, 0.05) is 0 Å². The lowest BCUT2D eigenvalue weighted by Crippen LogP contribution is -2.17. The molecule has 84 valence electrons. The fourth-order valence-corrected chi connectivity index (χ4v) is 2.82. The molecule has 0 atom stereocenters. The Labute approximate surface area is 124 Å². The van der Waals surface area contributed by atoms with Gasteiger partial charge < -0.3 is 0 Å². The normalized spacial score (nSPS) is 14.7. The molecule has 2 amide bonds. The third kappa shape index (κ3) is 1.54. The highest BCUT2D eigenvalue weighted by Crippen LogP contribution is 2.45. The Hall–Kier alpha value is 0.250. The molecular weight excluding hydrogens is 411 g/mol.